The van der Waals surface area contributed by atoms with Crippen LogP contribution in [0, 0.1) is 5.82 Å². The first-order valence-corrected chi connectivity index (χ1v) is 5.25. The first-order chi connectivity index (χ1) is 8.70. The number of rotatable bonds is 3. The lowest BCUT2D eigenvalue weighted by Gasteiger charge is -2.01. The molecule has 0 spiro atoms. The summed E-state index contributed by atoms with van der Waals surface area (Å²) in [6.07, 6.45) is 3.22. The highest BCUT2D eigenvalue weighted by Gasteiger charge is 2.03. The number of aliphatic hydroxyl groups is 1. The average Bonchev–Trinajstić information content (AvgIpc) is 2.40. The number of hydrogen-bond acceptors (Lipinski definition) is 3. The number of aliphatic hydroxyl groups excluding tert-OH is 1. The molecule has 1 N–H and O–H groups in total. The Morgan fingerprint density at radius 2 is 1.78 bits per heavy atom. The summed E-state index contributed by atoms with van der Waals surface area (Å²) >= 11 is 0. The second kappa shape index (κ2) is 5.46. The summed E-state index contributed by atoms with van der Waals surface area (Å²) < 4.78 is 26.0. The molecule has 0 bridgehead atoms. The molecule has 18 heavy (non-hydrogen) atoms. The minimum atomic E-state index is -0.507. The van der Waals surface area contributed by atoms with Gasteiger partial charge in [0.2, 0.25) is 0 Å². The van der Waals surface area contributed by atoms with Crippen LogP contribution in [-0.4, -0.2) is 21.7 Å². The highest BCUT2D eigenvalue weighted by molar-refractivity contribution is 5.63. The lowest BCUT2D eigenvalue weighted by molar-refractivity contribution is 0.342. The van der Waals surface area contributed by atoms with Crippen LogP contribution >= 0.6 is 0 Å². The predicted octanol–water partition coefficient (Wildman–Crippen LogP) is 2.59. The number of hydrogen-bond donors (Lipinski definition) is 1. The van der Waals surface area contributed by atoms with E-state index in [2.05, 4.69) is 9.97 Å². The van der Waals surface area contributed by atoms with Gasteiger partial charge in [-0.3, -0.25) is 0 Å². The molecule has 92 valence electrons. The Labute approximate surface area is 102 Å². The second-order valence-electron chi connectivity index (χ2n) is 3.54. The van der Waals surface area contributed by atoms with Gasteiger partial charge in [-0.15, -0.1) is 0 Å². The summed E-state index contributed by atoms with van der Waals surface area (Å²) in [7, 11) is 0. The van der Waals surface area contributed by atoms with E-state index in [4.69, 9.17) is 5.11 Å². The predicted molar refractivity (Wildman–Crippen MR) is 63.6 cm³/mol. The van der Waals surface area contributed by atoms with Gasteiger partial charge in [0, 0.05) is 11.1 Å². The van der Waals surface area contributed by atoms with E-state index in [1.807, 2.05) is 0 Å². The van der Waals surface area contributed by atoms with E-state index in [-0.39, 0.29) is 6.61 Å². The first kappa shape index (κ1) is 12.3. The molecular formula is C13H10F2N2O. The molecule has 2 rings (SSSR count). The van der Waals surface area contributed by atoms with E-state index in [9.17, 15) is 8.78 Å². The Kier molecular flexibility index (Phi) is 3.74. The molecule has 0 aliphatic rings. The van der Waals surface area contributed by atoms with E-state index in [0.717, 1.165) is 18.5 Å². The third-order valence-corrected chi connectivity index (χ3v) is 2.31. The molecule has 3 nitrogen and oxygen atoms in total. The molecule has 0 atom stereocenters. The fourth-order valence-corrected chi connectivity index (χ4v) is 1.44. The lowest BCUT2D eigenvalue weighted by Crippen LogP contribution is -1.90. The number of nitrogens with zero attached hydrogens (tertiary/aromatic N) is 2. The molecule has 0 saturated heterocycles. The Bertz CT molecular complexity index is 550. The zero-order chi connectivity index (χ0) is 13.0. The highest BCUT2D eigenvalue weighted by Crippen LogP contribution is 2.20. The van der Waals surface area contributed by atoms with E-state index in [0.29, 0.717) is 17.0 Å². The SMILES string of the molecule is OCC=C(F)c1ccc(-c2ncc(F)cn2)cc1. The van der Waals surface area contributed by atoms with Crippen molar-refractivity contribution in [2.75, 3.05) is 6.61 Å². The van der Waals surface area contributed by atoms with Gasteiger partial charge in [0.15, 0.2) is 11.6 Å². The van der Waals surface area contributed by atoms with E-state index in [1.54, 1.807) is 24.3 Å². The Hall–Kier alpha value is -2.14. The smallest absolute Gasteiger partial charge is 0.159 e. The topological polar surface area (TPSA) is 46.0 Å². The fraction of sp³-hybridized carbons (Fsp3) is 0.0769. The maximum absolute atomic E-state index is 13.3. The van der Waals surface area contributed by atoms with Crippen molar-refractivity contribution in [2.24, 2.45) is 0 Å². The molecule has 0 unspecified atom stereocenters. The van der Waals surface area contributed by atoms with Crippen molar-refractivity contribution >= 4 is 5.83 Å². The Morgan fingerprint density at radius 3 is 2.33 bits per heavy atom. The molecule has 5 heteroatoms. The van der Waals surface area contributed by atoms with Crippen molar-refractivity contribution in [3.8, 4) is 11.4 Å². The van der Waals surface area contributed by atoms with Crippen LogP contribution in [0.3, 0.4) is 0 Å². The summed E-state index contributed by atoms with van der Waals surface area (Å²) in [4.78, 5) is 7.65. The lowest BCUT2D eigenvalue weighted by atomic mass is 10.1. The van der Waals surface area contributed by atoms with Crippen molar-refractivity contribution in [3.05, 3.63) is 54.1 Å². The van der Waals surface area contributed by atoms with Gasteiger partial charge in [0.25, 0.3) is 0 Å². The van der Waals surface area contributed by atoms with Gasteiger partial charge < -0.3 is 5.11 Å². The van der Waals surface area contributed by atoms with Crippen molar-refractivity contribution < 1.29 is 13.9 Å². The molecular weight excluding hydrogens is 238 g/mol. The van der Waals surface area contributed by atoms with E-state index < -0.39 is 11.6 Å². The molecule has 0 aliphatic heterocycles. The second-order valence-corrected chi connectivity index (χ2v) is 3.54. The molecule has 1 aromatic heterocycles. The molecule has 2 aromatic rings. The van der Waals surface area contributed by atoms with Crippen LogP contribution in [0.25, 0.3) is 17.2 Å². The maximum Gasteiger partial charge on any atom is 0.159 e. The highest BCUT2D eigenvalue weighted by atomic mass is 19.1. The number of aromatic nitrogens is 2. The van der Waals surface area contributed by atoms with Crippen molar-refractivity contribution in [1.82, 2.24) is 9.97 Å². The van der Waals surface area contributed by atoms with Crippen LogP contribution in [-0.2, 0) is 0 Å². The van der Waals surface area contributed by atoms with Gasteiger partial charge in [0.05, 0.1) is 19.0 Å². The fourth-order valence-electron chi connectivity index (χ4n) is 1.44. The third kappa shape index (κ3) is 2.75. The third-order valence-electron chi connectivity index (χ3n) is 2.31. The number of benzene rings is 1. The van der Waals surface area contributed by atoms with E-state index >= 15 is 0 Å². The minimum Gasteiger partial charge on any atom is -0.392 e. The summed E-state index contributed by atoms with van der Waals surface area (Å²) in [5.74, 6) is -0.633. The van der Waals surface area contributed by atoms with Crippen LogP contribution < -0.4 is 0 Å². The van der Waals surface area contributed by atoms with Gasteiger partial charge in [0.1, 0.15) is 5.83 Å². The molecule has 1 aromatic carbocycles. The quantitative estimate of drug-likeness (QED) is 0.908. The molecule has 1 heterocycles. The molecule has 0 fully saturated rings. The summed E-state index contributed by atoms with van der Waals surface area (Å²) in [5, 5.41) is 8.58. The van der Waals surface area contributed by atoms with Crippen LogP contribution in [0.5, 0.6) is 0 Å². The average molecular weight is 248 g/mol. The Balaban J connectivity index is 2.27. The Morgan fingerprint density at radius 1 is 1.17 bits per heavy atom. The van der Waals surface area contributed by atoms with Crippen molar-refractivity contribution in [3.63, 3.8) is 0 Å². The van der Waals surface area contributed by atoms with Crippen LogP contribution in [0.15, 0.2) is 42.7 Å². The normalized spacial score (nSPS) is 11.6. The molecule has 0 radical (unpaired) electrons. The summed E-state index contributed by atoms with van der Waals surface area (Å²) in [5.41, 5.74) is 1.02. The minimum absolute atomic E-state index is 0.353. The van der Waals surface area contributed by atoms with Gasteiger partial charge in [-0.05, 0) is 6.08 Å². The van der Waals surface area contributed by atoms with Gasteiger partial charge in [-0.25, -0.2) is 18.7 Å². The van der Waals surface area contributed by atoms with Crippen molar-refractivity contribution in [1.29, 1.82) is 0 Å². The van der Waals surface area contributed by atoms with Gasteiger partial charge in [-0.1, -0.05) is 24.3 Å². The van der Waals surface area contributed by atoms with Crippen LogP contribution in [0.4, 0.5) is 8.78 Å². The van der Waals surface area contributed by atoms with Crippen LogP contribution in [0.2, 0.25) is 0 Å². The van der Waals surface area contributed by atoms with Gasteiger partial charge in [-0.2, -0.15) is 0 Å². The van der Waals surface area contributed by atoms with Gasteiger partial charge >= 0.3 is 0 Å². The molecule has 0 aliphatic carbocycles. The zero-order valence-corrected chi connectivity index (χ0v) is 9.35. The van der Waals surface area contributed by atoms with Crippen LogP contribution in [0.1, 0.15) is 5.56 Å². The zero-order valence-electron chi connectivity index (χ0n) is 9.35. The molecule has 0 saturated carbocycles. The van der Waals surface area contributed by atoms with E-state index in [1.165, 1.54) is 0 Å². The maximum atomic E-state index is 13.3. The standard InChI is InChI=1S/C13H10F2N2O/c14-11-7-16-13(17-8-11)10-3-1-9(2-4-10)12(15)5-6-18/h1-5,7-8,18H,6H2. The summed E-state index contributed by atoms with van der Waals surface area (Å²) in [6, 6.07) is 6.35. The van der Waals surface area contributed by atoms with Crippen molar-refractivity contribution in [2.45, 2.75) is 0 Å². The summed E-state index contributed by atoms with van der Waals surface area (Å²) in [6.45, 7) is -0.353. The number of halogens is 2. The monoisotopic (exact) mass is 248 g/mol. The first-order valence-electron chi connectivity index (χ1n) is 5.25. The largest absolute Gasteiger partial charge is 0.392 e. The molecule has 0 amide bonds.